The van der Waals surface area contributed by atoms with E-state index in [1.807, 2.05) is 48.7 Å². The van der Waals surface area contributed by atoms with E-state index in [0.717, 1.165) is 22.2 Å². The van der Waals surface area contributed by atoms with Crippen molar-refractivity contribution in [3.63, 3.8) is 0 Å². The van der Waals surface area contributed by atoms with Crippen LogP contribution in [-0.2, 0) is 6.54 Å². The molecule has 3 rings (SSSR count). The maximum Gasteiger partial charge on any atom is 0.137 e. The van der Waals surface area contributed by atoms with Gasteiger partial charge in [0.2, 0.25) is 0 Å². The van der Waals surface area contributed by atoms with E-state index in [1.165, 1.54) is 0 Å². The van der Waals surface area contributed by atoms with Gasteiger partial charge in [-0.05, 0) is 23.3 Å². The fourth-order valence-electron chi connectivity index (χ4n) is 2.37. The molecule has 0 fully saturated rings. The number of hydrogen-bond acceptors (Lipinski definition) is 3. The fraction of sp³-hybridized carbons (Fsp3) is 0.188. The summed E-state index contributed by atoms with van der Waals surface area (Å²) in [4.78, 5) is 7.43. The lowest BCUT2D eigenvalue weighted by Crippen LogP contribution is -2.23. The minimum absolute atomic E-state index is 0.0576. The first kappa shape index (κ1) is 12.8. The zero-order valence-electron chi connectivity index (χ0n) is 11.1. The van der Waals surface area contributed by atoms with E-state index in [0.29, 0.717) is 6.54 Å². The van der Waals surface area contributed by atoms with Gasteiger partial charge in [0.1, 0.15) is 5.65 Å². The van der Waals surface area contributed by atoms with Crippen LogP contribution in [0.2, 0.25) is 0 Å². The zero-order chi connectivity index (χ0) is 13.8. The van der Waals surface area contributed by atoms with Gasteiger partial charge < -0.3 is 15.4 Å². The molecule has 0 radical (unpaired) electrons. The molecular formula is C16H17N3O. The summed E-state index contributed by atoms with van der Waals surface area (Å²) >= 11 is 0. The molecular weight excluding hydrogens is 250 g/mol. The number of rotatable bonds is 5. The first-order valence-corrected chi connectivity index (χ1v) is 6.68. The van der Waals surface area contributed by atoms with Crippen molar-refractivity contribution < 1.29 is 5.11 Å². The number of benzene rings is 1. The van der Waals surface area contributed by atoms with Crippen LogP contribution in [0.3, 0.4) is 0 Å². The summed E-state index contributed by atoms with van der Waals surface area (Å²) < 4.78 is 0. The molecule has 3 N–H and O–H groups in total. The standard InChI is InChI=1S/C16H17N3O/c20-11-15(12-5-2-1-3-6-12)18-9-13-10-19-16-14(13)7-4-8-17-16/h1-8,10,15,18,20H,9,11H2,(H,17,19)/t15-/m0/s1. The fourth-order valence-corrected chi connectivity index (χ4v) is 2.37. The van der Waals surface area contributed by atoms with E-state index < -0.39 is 0 Å². The third-order valence-electron chi connectivity index (χ3n) is 3.46. The van der Waals surface area contributed by atoms with Crippen molar-refractivity contribution in [3.05, 3.63) is 66.0 Å². The van der Waals surface area contributed by atoms with Gasteiger partial charge in [-0.1, -0.05) is 30.3 Å². The van der Waals surface area contributed by atoms with Crippen molar-refractivity contribution in [1.82, 2.24) is 15.3 Å². The molecule has 0 bridgehead atoms. The van der Waals surface area contributed by atoms with Gasteiger partial charge in [0, 0.05) is 24.3 Å². The van der Waals surface area contributed by atoms with Crippen molar-refractivity contribution in [2.24, 2.45) is 0 Å². The Morgan fingerprint density at radius 3 is 2.80 bits per heavy atom. The normalized spacial score (nSPS) is 12.7. The summed E-state index contributed by atoms with van der Waals surface area (Å²) in [5.41, 5.74) is 3.14. The Bertz CT molecular complexity index is 678. The summed E-state index contributed by atoms with van der Waals surface area (Å²) in [7, 11) is 0. The SMILES string of the molecule is OC[C@H](NCc1c[nH]c2ncccc12)c1ccccc1. The number of hydrogen-bond donors (Lipinski definition) is 3. The average Bonchev–Trinajstić information content (AvgIpc) is 2.92. The highest BCUT2D eigenvalue weighted by Gasteiger charge is 2.10. The lowest BCUT2D eigenvalue weighted by Gasteiger charge is -2.16. The van der Waals surface area contributed by atoms with E-state index >= 15 is 0 Å². The average molecular weight is 267 g/mol. The molecule has 1 aromatic carbocycles. The van der Waals surface area contributed by atoms with Gasteiger partial charge in [-0.25, -0.2) is 4.98 Å². The molecule has 1 atom stereocenters. The number of nitrogens with one attached hydrogen (secondary N) is 2. The second kappa shape index (κ2) is 5.86. The zero-order valence-corrected chi connectivity index (χ0v) is 11.1. The number of aliphatic hydroxyl groups excluding tert-OH is 1. The molecule has 2 aromatic heterocycles. The summed E-state index contributed by atoms with van der Waals surface area (Å²) in [6.45, 7) is 0.760. The lowest BCUT2D eigenvalue weighted by molar-refractivity contribution is 0.244. The number of aliphatic hydroxyl groups is 1. The highest BCUT2D eigenvalue weighted by molar-refractivity contribution is 5.79. The molecule has 2 heterocycles. The van der Waals surface area contributed by atoms with E-state index in [2.05, 4.69) is 15.3 Å². The van der Waals surface area contributed by atoms with Crippen LogP contribution in [0.4, 0.5) is 0 Å². The Balaban J connectivity index is 1.75. The molecule has 0 unspecified atom stereocenters. The maximum absolute atomic E-state index is 9.54. The third kappa shape index (κ3) is 2.57. The van der Waals surface area contributed by atoms with Gasteiger partial charge in [0.05, 0.1) is 12.6 Å². The van der Waals surface area contributed by atoms with Crippen LogP contribution in [0.25, 0.3) is 11.0 Å². The molecule has 0 spiro atoms. The Labute approximate surface area is 117 Å². The van der Waals surface area contributed by atoms with Crippen LogP contribution in [0.15, 0.2) is 54.9 Å². The number of aromatic amines is 1. The van der Waals surface area contributed by atoms with Gasteiger partial charge in [-0.2, -0.15) is 0 Å². The van der Waals surface area contributed by atoms with Gasteiger partial charge in [-0.3, -0.25) is 0 Å². The van der Waals surface area contributed by atoms with Crippen molar-refractivity contribution in [1.29, 1.82) is 0 Å². The number of nitrogens with zero attached hydrogens (tertiary/aromatic N) is 1. The third-order valence-corrected chi connectivity index (χ3v) is 3.46. The van der Waals surface area contributed by atoms with Gasteiger partial charge >= 0.3 is 0 Å². The van der Waals surface area contributed by atoms with E-state index in [4.69, 9.17) is 0 Å². The van der Waals surface area contributed by atoms with Gasteiger partial charge in [-0.15, -0.1) is 0 Å². The predicted molar refractivity (Wildman–Crippen MR) is 79.2 cm³/mol. The van der Waals surface area contributed by atoms with Gasteiger partial charge in [0.25, 0.3) is 0 Å². The summed E-state index contributed by atoms with van der Waals surface area (Å²) in [6.07, 6.45) is 3.74. The first-order valence-electron chi connectivity index (χ1n) is 6.68. The number of fused-ring (bicyclic) bond motifs is 1. The number of aromatic nitrogens is 2. The van der Waals surface area contributed by atoms with Crippen LogP contribution in [0.1, 0.15) is 17.2 Å². The van der Waals surface area contributed by atoms with Crippen molar-refractivity contribution >= 4 is 11.0 Å². The molecule has 0 saturated carbocycles. The quantitative estimate of drug-likeness (QED) is 0.665. The maximum atomic E-state index is 9.54. The lowest BCUT2D eigenvalue weighted by atomic mass is 10.1. The minimum atomic E-state index is -0.0576. The first-order chi connectivity index (χ1) is 9.88. The molecule has 0 aliphatic heterocycles. The van der Waals surface area contributed by atoms with E-state index in [-0.39, 0.29) is 12.6 Å². The highest BCUT2D eigenvalue weighted by Crippen LogP contribution is 2.17. The Morgan fingerprint density at radius 1 is 1.15 bits per heavy atom. The second-order valence-electron chi connectivity index (χ2n) is 4.74. The summed E-state index contributed by atoms with van der Waals surface area (Å²) in [6, 6.07) is 13.9. The molecule has 0 aliphatic carbocycles. The molecule has 4 nitrogen and oxygen atoms in total. The molecule has 0 aliphatic rings. The van der Waals surface area contributed by atoms with E-state index in [9.17, 15) is 5.11 Å². The minimum Gasteiger partial charge on any atom is -0.394 e. The van der Waals surface area contributed by atoms with Crippen LogP contribution >= 0.6 is 0 Å². The number of pyridine rings is 1. The van der Waals surface area contributed by atoms with Crippen molar-refractivity contribution in [3.8, 4) is 0 Å². The van der Waals surface area contributed by atoms with Crippen molar-refractivity contribution in [2.75, 3.05) is 6.61 Å². The highest BCUT2D eigenvalue weighted by atomic mass is 16.3. The molecule has 0 saturated heterocycles. The smallest absolute Gasteiger partial charge is 0.137 e. The van der Waals surface area contributed by atoms with Crippen LogP contribution in [-0.4, -0.2) is 21.7 Å². The summed E-state index contributed by atoms with van der Waals surface area (Å²) in [5, 5.41) is 14.0. The monoisotopic (exact) mass is 267 g/mol. The number of H-pyrrole nitrogens is 1. The molecule has 102 valence electrons. The van der Waals surface area contributed by atoms with Crippen LogP contribution < -0.4 is 5.32 Å². The molecule has 20 heavy (non-hydrogen) atoms. The van der Waals surface area contributed by atoms with Crippen LogP contribution in [0.5, 0.6) is 0 Å². The van der Waals surface area contributed by atoms with E-state index in [1.54, 1.807) is 6.20 Å². The second-order valence-corrected chi connectivity index (χ2v) is 4.74. The summed E-state index contributed by atoms with van der Waals surface area (Å²) in [5.74, 6) is 0. The molecule has 3 aromatic rings. The Kier molecular flexibility index (Phi) is 3.76. The molecule has 0 amide bonds. The topological polar surface area (TPSA) is 60.9 Å². The van der Waals surface area contributed by atoms with Crippen LogP contribution in [0, 0.1) is 0 Å². The largest absolute Gasteiger partial charge is 0.394 e. The Morgan fingerprint density at radius 2 is 2.00 bits per heavy atom. The molecule has 4 heteroatoms. The predicted octanol–water partition coefficient (Wildman–Crippen LogP) is 2.39. The Hall–Kier alpha value is -2.17. The van der Waals surface area contributed by atoms with Gasteiger partial charge in [0.15, 0.2) is 0 Å². The van der Waals surface area contributed by atoms with Crippen molar-refractivity contribution in [2.45, 2.75) is 12.6 Å².